The van der Waals surface area contributed by atoms with Crippen molar-refractivity contribution in [2.75, 3.05) is 5.73 Å². The van der Waals surface area contributed by atoms with Gasteiger partial charge >= 0.3 is 0 Å². The molecule has 0 aliphatic rings. The minimum absolute atomic E-state index is 0.0203. The maximum absolute atomic E-state index is 10.8. The highest BCUT2D eigenvalue weighted by atomic mass is 16.3. The van der Waals surface area contributed by atoms with Crippen molar-refractivity contribution in [1.29, 1.82) is 0 Å². The summed E-state index contributed by atoms with van der Waals surface area (Å²) < 4.78 is 0. The van der Waals surface area contributed by atoms with Gasteiger partial charge in [-0.05, 0) is 56.2 Å². The maximum atomic E-state index is 10.8. The monoisotopic (exact) mass is 360 g/mol. The predicted molar refractivity (Wildman–Crippen MR) is 104 cm³/mol. The molecular formula is C20H28N2O4. The summed E-state index contributed by atoms with van der Waals surface area (Å²) in [5.41, 5.74) is 12.7. The highest BCUT2D eigenvalue weighted by molar-refractivity contribution is 5.97. The number of rotatable bonds is 4. The fraction of sp³-hybridized carbons (Fsp3) is 0.300. The highest BCUT2D eigenvalue weighted by Crippen LogP contribution is 2.19. The second-order valence-electron chi connectivity index (χ2n) is 5.42. The summed E-state index contributed by atoms with van der Waals surface area (Å²) in [5.74, 6) is -0.00489. The molecule has 0 amide bonds. The fourth-order valence-electron chi connectivity index (χ4n) is 1.87. The molecule has 26 heavy (non-hydrogen) atoms. The predicted octanol–water partition coefficient (Wildman–Crippen LogP) is 3.05. The van der Waals surface area contributed by atoms with Gasteiger partial charge in [-0.2, -0.15) is 0 Å². The van der Waals surface area contributed by atoms with Crippen molar-refractivity contribution < 1.29 is 19.8 Å². The van der Waals surface area contributed by atoms with Crippen molar-refractivity contribution in [3.05, 3.63) is 53.6 Å². The Morgan fingerprint density at radius 2 is 1.54 bits per heavy atom. The second kappa shape index (κ2) is 11.7. The Kier molecular flexibility index (Phi) is 10.4. The lowest BCUT2D eigenvalue weighted by Gasteiger charge is -2.07. The Labute approximate surface area is 154 Å². The maximum Gasteiger partial charge on any atom is 0.163 e. The van der Waals surface area contributed by atoms with Crippen molar-refractivity contribution in [2.24, 2.45) is 5.73 Å². The molecular weight excluding hydrogens is 332 g/mol. The Morgan fingerprint density at radius 3 is 1.96 bits per heavy atom. The van der Waals surface area contributed by atoms with Gasteiger partial charge in [0, 0.05) is 5.69 Å². The molecule has 0 fully saturated rings. The van der Waals surface area contributed by atoms with E-state index >= 15 is 0 Å². The zero-order chi connectivity index (χ0) is 20.3. The number of nitrogen functional groups attached to an aromatic ring is 1. The Balaban J connectivity index is 0.000000444. The van der Waals surface area contributed by atoms with E-state index in [0.29, 0.717) is 12.1 Å². The van der Waals surface area contributed by atoms with Gasteiger partial charge in [-0.3, -0.25) is 9.59 Å². The first-order valence-electron chi connectivity index (χ1n) is 8.34. The zero-order valence-electron chi connectivity index (χ0n) is 15.7. The first-order chi connectivity index (χ1) is 12.2. The number of nitrogens with two attached hydrogens (primary N) is 2. The molecule has 1 atom stereocenters. The summed E-state index contributed by atoms with van der Waals surface area (Å²) in [4.78, 5) is 21.6. The van der Waals surface area contributed by atoms with Crippen LogP contribution in [0, 0.1) is 0 Å². The molecule has 0 saturated carbocycles. The molecule has 0 heterocycles. The number of hydrogen-bond acceptors (Lipinski definition) is 6. The average molecular weight is 360 g/mol. The minimum Gasteiger partial charge on any atom is -0.508 e. The first kappa shape index (κ1) is 23.1. The molecule has 0 bridgehead atoms. The number of carbonyl (C=O) groups excluding carboxylic acids is 2. The standard InChI is InChI=1S/C10H13NO2.C8H9NO2.C2H6/c1-7(12)10(11)6-8-2-4-9(13)5-3-8;1-5(10)7-4-6(9)2-3-8(7)11;1-2/h2-5,10,13H,6,11H2,1H3;2-4,11H,9H2,1H3;1-2H3/t10-;;/m0../s1. The van der Waals surface area contributed by atoms with Gasteiger partial charge in [0.05, 0.1) is 11.6 Å². The third-order valence-electron chi connectivity index (χ3n) is 3.31. The lowest BCUT2D eigenvalue weighted by Crippen LogP contribution is -2.30. The molecule has 2 rings (SSSR count). The number of hydrogen-bond donors (Lipinski definition) is 4. The van der Waals surface area contributed by atoms with Gasteiger partial charge in [0.1, 0.15) is 17.3 Å². The van der Waals surface area contributed by atoms with Gasteiger partial charge in [-0.25, -0.2) is 0 Å². The number of phenolic OH excluding ortho intramolecular Hbond substituents is 2. The Hall–Kier alpha value is -2.86. The molecule has 0 aromatic heterocycles. The number of ketones is 2. The molecule has 0 aliphatic heterocycles. The van der Waals surface area contributed by atoms with E-state index in [1.54, 1.807) is 30.3 Å². The third kappa shape index (κ3) is 8.30. The van der Waals surface area contributed by atoms with Gasteiger partial charge in [-0.1, -0.05) is 26.0 Å². The van der Waals surface area contributed by atoms with Crippen LogP contribution in [-0.2, 0) is 11.2 Å². The van der Waals surface area contributed by atoms with Crippen LogP contribution in [0.1, 0.15) is 43.6 Å². The lowest BCUT2D eigenvalue weighted by molar-refractivity contribution is -0.118. The normalized spacial score (nSPS) is 10.5. The van der Waals surface area contributed by atoms with Gasteiger partial charge in [0.2, 0.25) is 0 Å². The van der Waals surface area contributed by atoms with E-state index in [-0.39, 0.29) is 28.6 Å². The summed E-state index contributed by atoms with van der Waals surface area (Å²) in [6.45, 7) is 6.86. The number of aromatic hydroxyl groups is 2. The number of Topliss-reactive ketones (excluding diaryl/α,β-unsaturated/α-hetero) is 2. The van der Waals surface area contributed by atoms with Gasteiger partial charge in [0.25, 0.3) is 0 Å². The van der Waals surface area contributed by atoms with Crippen LogP contribution in [0.25, 0.3) is 0 Å². The van der Waals surface area contributed by atoms with Crippen molar-refractivity contribution in [2.45, 2.75) is 40.2 Å². The van der Waals surface area contributed by atoms with Crippen molar-refractivity contribution in [3.8, 4) is 11.5 Å². The van der Waals surface area contributed by atoms with Crippen LogP contribution in [-0.4, -0.2) is 27.8 Å². The quantitative estimate of drug-likeness (QED) is 0.377. The molecule has 6 N–H and O–H groups in total. The van der Waals surface area contributed by atoms with E-state index in [0.717, 1.165) is 5.56 Å². The first-order valence-corrected chi connectivity index (χ1v) is 8.34. The van der Waals surface area contributed by atoms with Gasteiger partial charge in [0.15, 0.2) is 5.78 Å². The van der Waals surface area contributed by atoms with E-state index in [2.05, 4.69) is 0 Å². The topological polar surface area (TPSA) is 127 Å². The molecule has 0 saturated heterocycles. The van der Waals surface area contributed by atoms with E-state index in [1.807, 2.05) is 13.8 Å². The minimum atomic E-state index is -0.440. The summed E-state index contributed by atoms with van der Waals surface area (Å²) in [7, 11) is 0. The summed E-state index contributed by atoms with van der Waals surface area (Å²) in [5, 5.41) is 18.1. The van der Waals surface area contributed by atoms with Crippen LogP contribution < -0.4 is 11.5 Å². The third-order valence-corrected chi connectivity index (χ3v) is 3.31. The molecule has 6 heteroatoms. The summed E-state index contributed by atoms with van der Waals surface area (Å²) >= 11 is 0. The van der Waals surface area contributed by atoms with Crippen molar-refractivity contribution >= 4 is 17.3 Å². The van der Waals surface area contributed by atoms with Gasteiger partial charge < -0.3 is 21.7 Å². The number of benzene rings is 2. The van der Waals surface area contributed by atoms with Crippen LogP contribution in [0.2, 0.25) is 0 Å². The van der Waals surface area contributed by atoms with E-state index in [4.69, 9.17) is 21.7 Å². The molecule has 0 unspecified atom stereocenters. The van der Waals surface area contributed by atoms with Crippen LogP contribution in [0.4, 0.5) is 5.69 Å². The molecule has 6 nitrogen and oxygen atoms in total. The van der Waals surface area contributed by atoms with E-state index < -0.39 is 6.04 Å². The molecule has 2 aromatic carbocycles. The molecule has 2 aromatic rings. The zero-order valence-corrected chi connectivity index (χ0v) is 15.7. The molecule has 142 valence electrons. The van der Waals surface area contributed by atoms with Crippen LogP contribution in [0.3, 0.4) is 0 Å². The highest BCUT2D eigenvalue weighted by Gasteiger charge is 2.08. The Bertz CT molecular complexity index is 712. The van der Waals surface area contributed by atoms with Crippen LogP contribution in [0.15, 0.2) is 42.5 Å². The average Bonchev–Trinajstić information content (AvgIpc) is 2.61. The molecule has 0 aliphatic carbocycles. The van der Waals surface area contributed by atoms with Crippen LogP contribution in [0.5, 0.6) is 11.5 Å². The van der Waals surface area contributed by atoms with E-state index in [1.165, 1.54) is 26.0 Å². The van der Waals surface area contributed by atoms with Crippen molar-refractivity contribution in [3.63, 3.8) is 0 Å². The van der Waals surface area contributed by atoms with Gasteiger partial charge in [-0.15, -0.1) is 0 Å². The fourth-order valence-corrected chi connectivity index (χ4v) is 1.87. The summed E-state index contributed by atoms with van der Waals surface area (Å²) in [6, 6.07) is 10.7. The largest absolute Gasteiger partial charge is 0.508 e. The lowest BCUT2D eigenvalue weighted by atomic mass is 10.0. The summed E-state index contributed by atoms with van der Waals surface area (Å²) in [6.07, 6.45) is 0.523. The molecule has 0 radical (unpaired) electrons. The molecule has 0 spiro atoms. The SMILES string of the molecule is CC.CC(=O)[C@@H](N)Cc1ccc(O)cc1.CC(=O)c1cc(N)ccc1O. The second-order valence-corrected chi connectivity index (χ2v) is 5.42. The number of carbonyl (C=O) groups is 2. The smallest absolute Gasteiger partial charge is 0.163 e. The number of anilines is 1. The Morgan fingerprint density at radius 1 is 1.00 bits per heavy atom. The van der Waals surface area contributed by atoms with Crippen LogP contribution >= 0.6 is 0 Å². The number of phenols is 2. The van der Waals surface area contributed by atoms with E-state index in [9.17, 15) is 9.59 Å². The van der Waals surface area contributed by atoms with Crippen molar-refractivity contribution in [1.82, 2.24) is 0 Å².